The van der Waals surface area contributed by atoms with E-state index in [9.17, 15) is 0 Å². The Balaban J connectivity index is 2.81. The Labute approximate surface area is 117 Å². The monoisotopic (exact) mass is 264 g/mol. The zero-order valence-corrected chi connectivity index (χ0v) is 13.0. The molecule has 0 saturated carbocycles. The van der Waals surface area contributed by atoms with Crippen molar-refractivity contribution in [3.05, 3.63) is 28.8 Å². The summed E-state index contributed by atoms with van der Waals surface area (Å²) in [5.41, 5.74) is 9.53. The Bertz CT molecular complexity index is 400. The van der Waals surface area contributed by atoms with Gasteiger partial charge in [-0.2, -0.15) is 0 Å². The molecule has 1 unspecified atom stereocenters. The van der Waals surface area contributed by atoms with Crippen LogP contribution in [0.4, 0.5) is 0 Å². The molecule has 3 nitrogen and oxygen atoms in total. The van der Waals surface area contributed by atoms with Gasteiger partial charge in [0.25, 0.3) is 0 Å². The second-order valence-corrected chi connectivity index (χ2v) is 5.48. The molecule has 0 aliphatic rings. The van der Waals surface area contributed by atoms with E-state index in [1.807, 2.05) is 0 Å². The van der Waals surface area contributed by atoms with Crippen LogP contribution < -0.4 is 10.5 Å². The highest BCUT2D eigenvalue weighted by Gasteiger charge is 2.12. The van der Waals surface area contributed by atoms with Gasteiger partial charge >= 0.3 is 0 Å². The van der Waals surface area contributed by atoms with Crippen molar-refractivity contribution in [3.8, 4) is 5.75 Å². The summed E-state index contributed by atoms with van der Waals surface area (Å²) in [5.74, 6) is 1.58. The Morgan fingerprint density at radius 2 is 2.00 bits per heavy atom. The van der Waals surface area contributed by atoms with Crippen molar-refractivity contribution in [2.75, 3.05) is 27.2 Å². The van der Waals surface area contributed by atoms with Crippen LogP contribution in [0.5, 0.6) is 5.75 Å². The lowest BCUT2D eigenvalue weighted by Crippen LogP contribution is -2.29. The zero-order chi connectivity index (χ0) is 14.4. The number of rotatable bonds is 7. The average molecular weight is 264 g/mol. The van der Waals surface area contributed by atoms with Gasteiger partial charge in [-0.1, -0.05) is 31.0 Å². The molecule has 0 bridgehead atoms. The van der Waals surface area contributed by atoms with Gasteiger partial charge in [0.05, 0.1) is 7.11 Å². The van der Waals surface area contributed by atoms with E-state index in [-0.39, 0.29) is 0 Å². The second kappa shape index (κ2) is 7.51. The first-order valence-electron chi connectivity index (χ1n) is 7.04. The van der Waals surface area contributed by atoms with Gasteiger partial charge in [-0.3, -0.25) is 0 Å². The Kier molecular flexibility index (Phi) is 6.32. The molecule has 1 aromatic carbocycles. The average Bonchev–Trinajstić information content (AvgIpc) is 2.35. The molecule has 0 heterocycles. The first-order valence-corrected chi connectivity index (χ1v) is 7.04. The molecule has 0 saturated heterocycles. The summed E-state index contributed by atoms with van der Waals surface area (Å²) in [6, 6.07) is 4.38. The van der Waals surface area contributed by atoms with Crippen molar-refractivity contribution in [1.29, 1.82) is 0 Å². The fraction of sp³-hybridized carbons (Fsp3) is 0.625. The molecule has 0 aromatic heterocycles. The van der Waals surface area contributed by atoms with Gasteiger partial charge in [-0.15, -0.1) is 0 Å². The standard InChI is InChI=1S/C16H28N2O/c1-6-14(9-17)10-18(4)11-15-8-12(2)7-13(3)16(15)19-5/h7-8,14H,6,9-11,17H2,1-5H3. The number of hydrogen-bond acceptors (Lipinski definition) is 3. The maximum Gasteiger partial charge on any atom is 0.126 e. The van der Waals surface area contributed by atoms with Gasteiger partial charge < -0.3 is 15.4 Å². The first kappa shape index (κ1) is 16.0. The lowest BCUT2D eigenvalue weighted by atomic mass is 10.0. The van der Waals surface area contributed by atoms with Crippen molar-refractivity contribution in [2.45, 2.75) is 33.7 Å². The van der Waals surface area contributed by atoms with Crippen molar-refractivity contribution >= 4 is 0 Å². The maximum atomic E-state index is 5.78. The Morgan fingerprint density at radius 3 is 2.53 bits per heavy atom. The van der Waals surface area contributed by atoms with Gasteiger partial charge in [-0.25, -0.2) is 0 Å². The topological polar surface area (TPSA) is 38.5 Å². The number of hydrogen-bond donors (Lipinski definition) is 1. The molecule has 0 radical (unpaired) electrons. The molecule has 0 fully saturated rings. The third-order valence-corrected chi connectivity index (χ3v) is 3.62. The number of aryl methyl sites for hydroxylation is 2. The molecule has 3 heteroatoms. The minimum absolute atomic E-state index is 0.571. The quantitative estimate of drug-likeness (QED) is 0.823. The Hall–Kier alpha value is -1.06. The third-order valence-electron chi connectivity index (χ3n) is 3.62. The van der Waals surface area contributed by atoms with Gasteiger partial charge in [0.2, 0.25) is 0 Å². The molecule has 1 atom stereocenters. The molecular formula is C16H28N2O. The van der Waals surface area contributed by atoms with Crippen molar-refractivity contribution in [2.24, 2.45) is 11.7 Å². The molecule has 0 spiro atoms. The van der Waals surface area contributed by atoms with E-state index in [1.165, 1.54) is 16.7 Å². The summed E-state index contributed by atoms with van der Waals surface area (Å²) in [4.78, 5) is 2.33. The van der Waals surface area contributed by atoms with E-state index in [0.29, 0.717) is 5.92 Å². The number of ether oxygens (including phenoxy) is 1. The summed E-state index contributed by atoms with van der Waals surface area (Å²) in [7, 11) is 3.89. The number of benzene rings is 1. The normalized spacial score (nSPS) is 12.8. The van der Waals surface area contributed by atoms with Crippen LogP contribution in [0.25, 0.3) is 0 Å². The SMILES string of the molecule is CCC(CN)CN(C)Cc1cc(C)cc(C)c1OC. The molecule has 0 aliphatic heterocycles. The lowest BCUT2D eigenvalue weighted by molar-refractivity contribution is 0.263. The fourth-order valence-corrected chi connectivity index (χ4v) is 2.62. The summed E-state index contributed by atoms with van der Waals surface area (Å²) in [6.07, 6.45) is 1.13. The van der Waals surface area contributed by atoms with E-state index >= 15 is 0 Å². The molecule has 19 heavy (non-hydrogen) atoms. The van der Waals surface area contributed by atoms with Crippen LogP contribution in [0.1, 0.15) is 30.0 Å². The lowest BCUT2D eigenvalue weighted by Gasteiger charge is -2.23. The molecular weight excluding hydrogens is 236 g/mol. The fourth-order valence-electron chi connectivity index (χ4n) is 2.62. The van der Waals surface area contributed by atoms with Crippen molar-refractivity contribution in [1.82, 2.24) is 4.90 Å². The number of nitrogens with two attached hydrogens (primary N) is 1. The third kappa shape index (κ3) is 4.51. The summed E-state index contributed by atoms with van der Waals surface area (Å²) in [5, 5.41) is 0. The van der Waals surface area contributed by atoms with Crippen LogP contribution in [0.2, 0.25) is 0 Å². The second-order valence-electron chi connectivity index (χ2n) is 5.48. The number of methoxy groups -OCH3 is 1. The van der Waals surface area contributed by atoms with E-state index in [1.54, 1.807) is 7.11 Å². The van der Waals surface area contributed by atoms with Crippen molar-refractivity contribution in [3.63, 3.8) is 0 Å². The molecule has 1 aromatic rings. The summed E-state index contributed by atoms with van der Waals surface area (Å²) < 4.78 is 5.54. The van der Waals surface area contributed by atoms with Gasteiger partial charge in [0, 0.05) is 18.7 Å². The minimum Gasteiger partial charge on any atom is -0.496 e. The van der Waals surface area contributed by atoms with Crippen LogP contribution in [-0.4, -0.2) is 32.1 Å². The van der Waals surface area contributed by atoms with Crippen LogP contribution in [0.3, 0.4) is 0 Å². The predicted octanol–water partition coefficient (Wildman–Crippen LogP) is 2.73. The molecule has 0 aliphatic carbocycles. The van der Waals surface area contributed by atoms with E-state index < -0.39 is 0 Å². The maximum absolute atomic E-state index is 5.78. The van der Waals surface area contributed by atoms with E-state index in [4.69, 9.17) is 10.5 Å². The number of nitrogens with zero attached hydrogens (tertiary/aromatic N) is 1. The Morgan fingerprint density at radius 1 is 1.32 bits per heavy atom. The largest absolute Gasteiger partial charge is 0.496 e. The highest BCUT2D eigenvalue weighted by atomic mass is 16.5. The molecule has 108 valence electrons. The van der Waals surface area contributed by atoms with Crippen molar-refractivity contribution < 1.29 is 4.74 Å². The molecule has 1 rings (SSSR count). The summed E-state index contributed by atoms with van der Waals surface area (Å²) in [6.45, 7) is 9.12. The van der Waals surface area contributed by atoms with Crippen LogP contribution in [0.15, 0.2) is 12.1 Å². The smallest absolute Gasteiger partial charge is 0.126 e. The van der Waals surface area contributed by atoms with Crippen LogP contribution in [-0.2, 0) is 6.54 Å². The minimum atomic E-state index is 0.571. The molecule has 0 amide bonds. The van der Waals surface area contributed by atoms with Gasteiger partial charge in [-0.05, 0) is 38.9 Å². The zero-order valence-electron chi connectivity index (χ0n) is 13.0. The highest BCUT2D eigenvalue weighted by molar-refractivity contribution is 5.43. The van der Waals surface area contributed by atoms with Crippen LogP contribution in [0, 0.1) is 19.8 Å². The van der Waals surface area contributed by atoms with Crippen LogP contribution >= 0.6 is 0 Å². The summed E-state index contributed by atoms with van der Waals surface area (Å²) >= 11 is 0. The van der Waals surface area contributed by atoms with Gasteiger partial charge in [0.1, 0.15) is 5.75 Å². The first-order chi connectivity index (χ1) is 9.01. The predicted molar refractivity (Wildman–Crippen MR) is 81.6 cm³/mol. The van der Waals surface area contributed by atoms with Gasteiger partial charge in [0.15, 0.2) is 0 Å². The van der Waals surface area contributed by atoms with E-state index in [0.717, 1.165) is 31.8 Å². The van der Waals surface area contributed by atoms with E-state index in [2.05, 4.69) is 44.9 Å². The highest BCUT2D eigenvalue weighted by Crippen LogP contribution is 2.26. The molecule has 2 N–H and O–H groups in total.